The molecule has 0 bridgehead atoms. The number of benzene rings is 2. The Balaban J connectivity index is 2.18. The first-order chi connectivity index (χ1) is 12.4. The number of ether oxygens (including phenoxy) is 2. The monoisotopic (exact) mass is 351 g/mol. The van der Waals surface area contributed by atoms with E-state index < -0.39 is 11.9 Å². The molecule has 0 fully saturated rings. The van der Waals surface area contributed by atoms with Crippen LogP contribution in [0.1, 0.15) is 11.1 Å². The van der Waals surface area contributed by atoms with Gasteiger partial charge in [0.05, 0.1) is 0 Å². The smallest absolute Gasteiger partial charge is 0.335 e. The lowest BCUT2D eigenvalue weighted by atomic mass is 10.1. The summed E-state index contributed by atoms with van der Waals surface area (Å²) in [6, 6.07) is 10.9. The predicted octanol–water partition coefficient (Wildman–Crippen LogP) is 3.03. The van der Waals surface area contributed by atoms with Gasteiger partial charge in [-0.1, -0.05) is 13.2 Å². The summed E-state index contributed by atoms with van der Waals surface area (Å²) in [5.41, 5.74) is 7.55. The number of phenols is 1. The molecular formula is C20H17NO5. The minimum Gasteiger partial charge on any atom is -0.507 e. The average Bonchev–Trinajstić information content (AvgIpc) is 2.64. The molecule has 0 heterocycles. The molecule has 0 saturated heterocycles. The molecule has 0 aliphatic heterocycles. The number of hydrogen-bond acceptors (Lipinski definition) is 6. The molecule has 6 nitrogen and oxygen atoms in total. The quantitative estimate of drug-likeness (QED) is 0.359. The molecule has 0 unspecified atom stereocenters. The Morgan fingerprint density at radius 3 is 2.00 bits per heavy atom. The normalized spacial score (nSPS) is 10.7. The molecule has 2 aromatic rings. The van der Waals surface area contributed by atoms with Gasteiger partial charge in [-0.05, 0) is 48.0 Å². The first-order valence-electron chi connectivity index (χ1n) is 7.52. The summed E-state index contributed by atoms with van der Waals surface area (Å²) >= 11 is 0. The topological polar surface area (TPSA) is 98.9 Å². The zero-order valence-corrected chi connectivity index (χ0v) is 13.8. The molecule has 0 aromatic heterocycles. The molecule has 26 heavy (non-hydrogen) atoms. The Morgan fingerprint density at radius 2 is 1.46 bits per heavy atom. The zero-order valence-electron chi connectivity index (χ0n) is 13.8. The van der Waals surface area contributed by atoms with E-state index in [2.05, 4.69) is 13.2 Å². The summed E-state index contributed by atoms with van der Waals surface area (Å²) in [6.07, 6.45) is 3.67. The summed E-state index contributed by atoms with van der Waals surface area (Å²) in [5, 5.41) is 10.1. The van der Waals surface area contributed by atoms with Crippen LogP contribution in [0, 0.1) is 0 Å². The zero-order chi connectivity index (χ0) is 19.1. The molecule has 0 spiro atoms. The molecule has 3 N–H and O–H groups in total. The number of carbonyl (C=O) groups is 2. The molecule has 6 heteroatoms. The van der Waals surface area contributed by atoms with Crippen molar-refractivity contribution in [3.63, 3.8) is 0 Å². The lowest BCUT2D eigenvalue weighted by molar-refractivity contribution is -0.129. The first kappa shape index (κ1) is 18.5. The molecule has 0 atom stereocenters. The van der Waals surface area contributed by atoms with Gasteiger partial charge >= 0.3 is 11.9 Å². The average molecular weight is 351 g/mol. The van der Waals surface area contributed by atoms with Crippen LogP contribution >= 0.6 is 0 Å². The lowest BCUT2D eigenvalue weighted by Gasteiger charge is -2.07. The van der Waals surface area contributed by atoms with Gasteiger partial charge in [-0.3, -0.25) is 0 Å². The Labute approximate surface area is 150 Å². The highest BCUT2D eigenvalue weighted by Gasteiger charge is 2.06. The molecule has 2 aromatic carbocycles. The van der Waals surface area contributed by atoms with Crippen LogP contribution in [0.2, 0.25) is 0 Å². The standard InChI is InChI=1S/C20H17NO5/c1-3-19(23)25-15-8-5-13(6-9-15)17(21)11-14-7-10-16(12-18(14)22)26-20(24)4-2/h3-12,22H,1-2,21H2/b17-11-. The summed E-state index contributed by atoms with van der Waals surface area (Å²) in [5.74, 6) is -0.717. The van der Waals surface area contributed by atoms with E-state index in [1.54, 1.807) is 36.4 Å². The third kappa shape index (κ3) is 4.85. The van der Waals surface area contributed by atoms with Crippen molar-refractivity contribution in [2.45, 2.75) is 0 Å². The maximum absolute atomic E-state index is 11.2. The minimum absolute atomic E-state index is 0.0983. The number of phenolic OH excluding ortho intramolecular Hbond substituents is 1. The van der Waals surface area contributed by atoms with Crippen molar-refractivity contribution >= 4 is 23.7 Å². The second-order valence-corrected chi connectivity index (χ2v) is 5.10. The van der Waals surface area contributed by atoms with E-state index in [4.69, 9.17) is 15.2 Å². The van der Waals surface area contributed by atoms with Crippen LogP contribution in [-0.4, -0.2) is 17.0 Å². The fourth-order valence-electron chi connectivity index (χ4n) is 1.99. The van der Waals surface area contributed by atoms with Crippen molar-refractivity contribution in [3.8, 4) is 17.2 Å². The number of carbonyl (C=O) groups excluding carboxylic acids is 2. The van der Waals surface area contributed by atoms with Crippen molar-refractivity contribution in [2.75, 3.05) is 0 Å². The van der Waals surface area contributed by atoms with E-state index in [-0.39, 0.29) is 11.5 Å². The number of esters is 2. The van der Waals surface area contributed by atoms with E-state index in [0.717, 1.165) is 12.2 Å². The van der Waals surface area contributed by atoms with E-state index in [1.807, 2.05) is 0 Å². The van der Waals surface area contributed by atoms with Gasteiger partial charge in [0, 0.05) is 29.5 Å². The highest BCUT2D eigenvalue weighted by molar-refractivity contribution is 5.85. The molecule has 0 saturated carbocycles. The highest BCUT2D eigenvalue weighted by atomic mass is 16.5. The first-order valence-corrected chi connectivity index (χ1v) is 7.52. The fourth-order valence-corrected chi connectivity index (χ4v) is 1.99. The Bertz CT molecular complexity index is 882. The highest BCUT2D eigenvalue weighted by Crippen LogP contribution is 2.27. The van der Waals surface area contributed by atoms with Crippen molar-refractivity contribution < 1.29 is 24.2 Å². The summed E-state index contributed by atoms with van der Waals surface area (Å²) in [6.45, 7) is 6.63. The lowest BCUT2D eigenvalue weighted by Crippen LogP contribution is -2.03. The minimum atomic E-state index is -0.621. The molecule has 0 aliphatic rings. The Morgan fingerprint density at radius 1 is 0.923 bits per heavy atom. The van der Waals surface area contributed by atoms with Crippen LogP contribution in [0.4, 0.5) is 0 Å². The van der Waals surface area contributed by atoms with Crippen molar-refractivity contribution in [1.29, 1.82) is 0 Å². The summed E-state index contributed by atoms with van der Waals surface area (Å²) in [7, 11) is 0. The van der Waals surface area contributed by atoms with Crippen molar-refractivity contribution in [2.24, 2.45) is 5.73 Å². The predicted molar refractivity (Wildman–Crippen MR) is 98.3 cm³/mol. The Kier molecular flexibility index (Phi) is 5.95. The van der Waals surface area contributed by atoms with E-state index in [1.165, 1.54) is 12.1 Å². The van der Waals surface area contributed by atoms with Gasteiger partial charge < -0.3 is 20.3 Å². The molecule has 0 radical (unpaired) electrons. The van der Waals surface area contributed by atoms with Gasteiger partial charge in [-0.25, -0.2) is 9.59 Å². The molecule has 2 rings (SSSR count). The SMILES string of the molecule is C=CC(=O)Oc1ccc(/C(N)=C/c2ccc(OC(=O)C=C)cc2O)cc1. The van der Waals surface area contributed by atoms with E-state index in [9.17, 15) is 14.7 Å². The Hall–Kier alpha value is -3.80. The van der Waals surface area contributed by atoms with Gasteiger partial charge in [0.15, 0.2) is 0 Å². The molecular weight excluding hydrogens is 334 g/mol. The number of hydrogen-bond donors (Lipinski definition) is 2. The van der Waals surface area contributed by atoms with Crippen LogP contribution < -0.4 is 15.2 Å². The van der Waals surface area contributed by atoms with Gasteiger partial charge in [0.25, 0.3) is 0 Å². The number of rotatable bonds is 6. The van der Waals surface area contributed by atoms with Gasteiger partial charge in [0.1, 0.15) is 17.2 Å². The number of nitrogens with two attached hydrogens (primary N) is 1. The van der Waals surface area contributed by atoms with Crippen LogP contribution in [0.25, 0.3) is 11.8 Å². The van der Waals surface area contributed by atoms with Crippen LogP contribution in [0.5, 0.6) is 17.2 Å². The van der Waals surface area contributed by atoms with E-state index in [0.29, 0.717) is 22.6 Å². The maximum atomic E-state index is 11.2. The van der Waals surface area contributed by atoms with Gasteiger partial charge in [-0.15, -0.1) is 0 Å². The summed E-state index contributed by atoms with van der Waals surface area (Å²) in [4.78, 5) is 22.3. The van der Waals surface area contributed by atoms with Crippen molar-refractivity contribution in [3.05, 3.63) is 78.9 Å². The maximum Gasteiger partial charge on any atom is 0.335 e. The second kappa shape index (κ2) is 8.34. The molecule has 0 aliphatic carbocycles. The van der Waals surface area contributed by atoms with Crippen LogP contribution in [0.3, 0.4) is 0 Å². The molecule has 132 valence electrons. The third-order valence-electron chi connectivity index (χ3n) is 3.27. The third-order valence-corrected chi connectivity index (χ3v) is 3.27. The largest absolute Gasteiger partial charge is 0.507 e. The van der Waals surface area contributed by atoms with Gasteiger partial charge in [-0.2, -0.15) is 0 Å². The fraction of sp³-hybridized carbons (Fsp3) is 0. The van der Waals surface area contributed by atoms with Crippen LogP contribution in [0.15, 0.2) is 67.8 Å². The molecule has 0 amide bonds. The second-order valence-electron chi connectivity index (χ2n) is 5.10. The van der Waals surface area contributed by atoms with Crippen molar-refractivity contribution in [1.82, 2.24) is 0 Å². The summed E-state index contributed by atoms with van der Waals surface area (Å²) < 4.78 is 9.91. The van der Waals surface area contributed by atoms with E-state index >= 15 is 0 Å². The number of aromatic hydroxyl groups is 1. The van der Waals surface area contributed by atoms with Crippen LogP contribution in [-0.2, 0) is 9.59 Å². The van der Waals surface area contributed by atoms with Gasteiger partial charge in [0.2, 0.25) is 0 Å².